The first-order valence-corrected chi connectivity index (χ1v) is 7.36. The second kappa shape index (κ2) is 4.72. The van der Waals surface area contributed by atoms with Gasteiger partial charge in [0.05, 0.1) is 18.2 Å². The maximum Gasteiger partial charge on any atom is 0.191 e. The number of rotatable bonds is 4. The largest absolute Gasteiger partial charge is 0.376 e. The number of aliphatic imine (C=N–C) groups is 1. The number of nitrogens with zero attached hydrogens (tertiary/aromatic N) is 2. The van der Waals surface area contributed by atoms with Gasteiger partial charge in [-0.05, 0) is 32.1 Å². The number of ether oxygens (including phenoxy) is 1. The van der Waals surface area contributed by atoms with Crippen LogP contribution in [0.2, 0.25) is 0 Å². The Morgan fingerprint density at radius 1 is 1.39 bits per heavy atom. The molecule has 0 amide bonds. The van der Waals surface area contributed by atoms with Gasteiger partial charge in [-0.1, -0.05) is 19.3 Å². The summed E-state index contributed by atoms with van der Waals surface area (Å²) in [6, 6.07) is 0. The number of guanidine groups is 1. The molecule has 0 radical (unpaired) electrons. The van der Waals surface area contributed by atoms with Crippen molar-refractivity contribution in [3.05, 3.63) is 0 Å². The molecule has 2 atom stereocenters. The van der Waals surface area contributed by atoms with E-state index in [4.69, 9.17) is 10.5 Å². The van der Waals surface area contributed by atoms with Crippen molar-refractivity contribution in [1.29, 1.82) is 0 Å². The van der Waals surface area contributed by atoms with Crippen molar-refractivity contribution in [3.8, 4) is 0 Å². The van der Waals surface area contributed by atoms with E-state index in [1.54, 1.807) is 0 Å². The van der Waals surface area contributed by atoms with Crippen LogP contribution in [-0.4, -0.2) is 42.2 Å². The topological polar surface area (TPSA) is 50.8 Å². The first-order valence-electron chi connectivity index (χ1n) is 7.36. The van der Waals surface area contributed by atoms with E-state index in [2.05, 4.69) is 16.8 Å². The summed E-state index contributed by atoms with van der Waals surface area (Å²) in [4.78, 5) is 6.81. The zero-order valence-electron chi connectivity index (χ0n) is 11.4. The Labute approximate surface area is 110 Å². The highest BCUT2D eigenvalue weighted by Crippen LogP contribution is 2.38. The average Bonchev–Trinajstić information content (AvgIpc) is 2.89. The lowest BCUT2D eigenvalue weighted by molar-refractivity contribution is 0.0576. The minimum absolute atomic E-state index is 0.140. The summed E-state index contributed by atoms with van der Waals surface area (Å²) >= 11 is 0. The van der Waals surface area contributed by atoms with Crippen LogP contribution in [0.15, 0.2) is 4.99 Å². The minimum Gasteiger partial charge on any atom is -0.376 e. The van der Waals surface area contributed by atoms with Crippen molar-refractivity contribution < 1.29 is 4.74 Å². The lowest BCUT2D eigenvalue weighted by atomic mass is 9.76. The fourth-order valence-corrected chi connectivity index (χ4v) is 3.50. The second-order valence-electron chi connectivity index (χ2n) is 6.42. The summed E-state index contributed by atoms with van der Waals surface area (Å²) in [7, 11) is 0. The van der Waals surface area contributed by atoms with Crippen LogP contribution in [0.5, 0.6) is 0 Å². The minimum atomic E-state index is 0.140. The molecule has 3 rings (SSSR count). The molecule has 3 aliphatic rings. The van der Waals surface area contributed by atoms with E-state index >= 15 is 0 Å². The first kappa shape index (κ1) is 12.3. The molecule has 2 fully saturated rings. The van der Waals surface area contributed by atoms with Crippen LogP contribution in [0.4, 0.5) is 0 Å². The molecule has 1 saturated carbocycles. The highest BCUT2D eigenvalue weighted by Gasteiger charge is 2.41. The zero-order valence-corrected chi connectivity index (χ0v) is 11.4. The predicted molar refractivity (Wildman–Crippen MR) is 72.5 cm³/mol. The summed E-state index contributed by atoms with van der Waals surface area (Å²) in [6.07, 6.45) is 8.15. The Bertz CT molecular complexity index is 334. The molecule has 2 aliphatic heterocycles. The van der Waals surface area contributed by atoms with Crippen molar-refractivity contribution >= 4 is 5.96 Å². The first-order chi connectivity index (χ1) is 8.67. The van der Waals surface area contributed by atoms with E-state index in [-0.39, 0.29) is 5.54 Å². The van der Waals surface area contributed by atoms with Gasteiger partial charge in [0.25, 0.3) is 0 Å². The standard InChI is InChI=1S/C14H25N3O/c1-14(8-11-4-2-5-11)10-16-13(15)17(14)9-12-6-3-7-18-12/h11-12H,2-10H2,1H3,(H2,15,16). The normalized spacial score (nSPS) is 36.8. The quantitative estimate of drug-likeness (QED) is 0.828. The molecule has 2 unspecified atom stereocenters. The van der Waals surface area contributed by atoms with E-state index in [1.807, 2.05) is 0 Å². The fourth-order valence-electron chi connectivity index (χ4n) is 3.50. The number of hydrogen-bond acceptors (Lipinski definition) is 4. The Balaban J connectivity index is 1.64. The lowest BCUT2D eigenvalue weighted by Gasteiger charge is -2.41. The molecule has 0 aromatic rings. The van der Waals surface area contributed by atoms with Gasteiger partial charge in [0, 0.05) is 13.2 Å². The van der Waals surface area contributed by atoms with Gasteiger partial charge in [0.15, 0.2) is 5.96 Å². The van der Waals surface area contributed by atoms with E-state index in [0.29, 0.717) is 6.10 Å². The van der Waals surface area contributed by atoms with E-state index in [1.165, 1.54) is 38.5 Å². The summed E-state index contributed by atoms with van der Waals surface area (Å²) in [5, 5.41) is 0. The molecule has 0 aromatic heterocycles. The van der Waals surface area contributed by atoms with Crippen molar-refractivity contribution in [1.82, 2.24) is 4.90 Å². The van der Waals surface area contributed by atoms with Crippen molar-refractivity contribution in [3.63, 3.8) is 0 Å². The second-order valence-corrected chi connectivity index (χ2v) is 6.42. The van der Waals surface area contributed by atoms with Gasteiger partial charge >= 0.3 is 0 Å². The van der Waals surface area contributed by atoms with Crippen molar-refractivity contribution in [2.45, 2.75) is 57.1 Å². The molecule has 4 heteroatoms. The smallest absolute Gasteiger partial charge is 0.191 e. The summed E-state index contributed by atoms with van der Waals surface area (Å²) in [5.74, 6) is 1.62. The fraction of sp³-hybridized carbons (Fsp3) is 0.929. The van der Waals surface area contributed by atoms with E-state index < -0.39 is 0 Å². The third kappa shape index (κ3) is 2.22. The maximum absolute atomic E-state index is 6.09. The molecule has 102 valence electrons. The SMILES string of the molecule is CC1(CC2CCC2)CN=C(N)N1CC1CCCO1. The molecular formula is C14H25N3O. The van der Waals surface area contributed by atoms with Gasteiger partial charge in [0.1, 0.15) is 0 Å². The van der Waals surface area contributed by atoms with E-state index in [9.17, 15) is 0 Å². The van der Waals surface area contributed by atoms with Gasteiger partial charge < -0.3 is 15.4 Å². The number of hydrogen-bond donors (Lipinski definition) is 1. The Morgan fingerprint density at radius 3 is 2.83 bits per heavy atom. The summed E-state index contributed by atoms with van der Waals surface area (Å²) < 4.78 is 5.75. The van der Waals surface area contributed by atoms with Crippen molar-refractivity contribution in [2.24, 2.45) is 16.6 Å². The molecule has 0 spiro atoms. The van der Waals surface area contributed by atoms with Gasteiger partial charge in [-0.25, -0.2) is 0 Å². The van der Waals surface area contributed by atoms with Crippen molar-refractivity contribution in [2.75, 3.05) is 19.7 Å². The predicted octanol–water partition coefficient (Wildman–Crippen LogP) is 1.74. The Kier molecular flexibility index (Phi) is 3.22. The van der Waals surface area contributed by atoms with Crippen LogP contribution in [0.25, 0.3) is 0 Å². The zero-order chi connectivity index (χ0) is 12.6. The molecule has 1 saturated heterocycles. The van der Waals surface area contributed by atoms with E-state index in [0.717, 1.165) is 31.6 Å². The highest BCUT2D eigenvalue weighted by molar-refractivity contribution is 5.81. The highest BCUT2D eigenvalue weighted by atomic mass is 16.5. The van der Waals surface area contributed by atoms with Gasteiger partial charge in [-0.15, -0.1) is 0 Å². The lowest BCUT2D eigenvalue weighted by Crippen LogP contribution is -2.53. The van der Waals surface area contributed by atoms with Crippen LogP contribution in [0, 0.1) is 5.92 Å². The summed E-state index contributed by atoms with van der Waals surface area (Å²) in [5.41, 5.74) is 6.23. The molecule has 0 aromatic carbocycles. The van der Waals surface area contributed by atoms with Crippen LogP contribution in [0.3, 0.4) is 0 Å². The molecular weight excluding hydrogens is 226 g/mol. The Morgan fingerprint density at radius 2 is 2.22 bits per heavy atom. The molecule has 4 nitrogen and oxygen atoms in total. The van der Waals surface area contributed by atoms with Gasteiger partial charge in [-0.3, -0.25) is 4.99 Å². The average molecular weight is 251 g/mol. The van der Waals surface area contributed by atoms with Crippen LogP contribution < -0.4 is 5.73 Å². The maximum atomic E-state index is 6.09. The monoisotopic (exact) mass is 251 g/mol. The van der Waals surface area contributed by atoms with Gasteiger partial charge in [-0.2, -0.15) is 0 Å². The number of nitrogens with two attached hydrogens (primary N) is 1. The third-order valence-corrected chi connectivity index (χ3v) is 4.87. The molecule has 1 aliphatic carbocycles. The molecule has 18 heavy (non-hydrogen) atoms. The molecule has 2 N–H and O–H groups in total. The Hall–Kier alpha value is -0.770. The third-order valence-electron chi connectivity index (χ3n) is 4.87. The molecule has 0 bridgehead atoms. The molecule has 2 heterocycles. The van der Waals surface area contributed by atoms with Crippen LogP contribution >= 0.6 is 0 Å². The van der Waals surface area contributed by atoms with Gasteiger partial charge in [0.2, 0.25) is 0 Å². The van der Waals surface area contributed by atoms with Crippen LogP contribution in [-0.2, 0) is 4.74 Å². The van der Waals surface area contributed by atoms with Crippen LogP contribution in [0.1, 0.15) is 45.4 Å². The summed E-state index contributed by atoms with van der Waals surface area (Å²) in [6.45, 7) is 5.03.